The Morgan fingerprint density at radius 1 is 1.20 bits per heavy atom. The molecule has 2 aliphatic rings. The number of amides is 4. The van der Waals surface area contributed by atoms with Crippen LogP contribution in [0.5, 0.6) is 0 Å². The van der Waals surface area contributed by atoms with Gasteiger partial charge >= 0.3 is 11.9 Å². The summed E-state index contributed by atoms with van der Waals surface area (Å²) in [4.78, 5) is 47.9. The molecule has 4 amide bonds. The summed E-state index contributed by atoms with van der Waals surface area (Å²) in [6.07, 6.45) is 2.72. The normalized spacial score (nSPS) is 23.5. The molecule has 30 heavy (non-hydrogen) atoms. The van der Waals surface area contributed by atoms with Gasteiger partial charge in [0, 0.05) is 17.7 Å². The number of nitro groups is 1. The second-order valence-electron chi connectivity index (χ2n) is 7.74. The van der Waals surface area contributed by atoms with Crippen LogP contribution in [0.1, 0.15) is 43.2 Å². The lowest BCUT2D eigenvalue weighted by molar-refractivity contribution is -0.384. The average Bonchev–Trinajstić information content (AvgIpc) is 3.30. The summed E-state index contributed by atoms with van der Waals surface area (Å²) in [6, 6.07) is 7.94. The van der Waals surface area contributed by atoms with Gasteiger partial charge in [0.05, 0.1) is 4.92 Å². The van der Waals surface area contributed by atoms with Gasteiger partial charge in [0.1, 0.15) is 11.3 Å². The monoisotopic (exact) mass is 412 g/mol. The van der Waals surface area contributed by atoms with E-state index >= 15 is 0 Å². The highest BCUT2D eigenvalue weighted by Gasteiger charge is 2.53. The van der Waals surface area contributed by atoms with E-state index in [4.69, 9.17) is 4.42 Å². The fourth-order valence-corrected chi connectivity index (χ4v) is 3.83. The first-order valence-electron chi connectivity index (χ1n) is 9.61. The van der Waals surface area contributed by atoms with Gasteiger partial charge in [-0.3, -0.25) is 19.7 Å². The van der Waals surface area contributed by atoms with Crippen LogP contribution in [-0.4, -0.2) is 33.3 Å². The number of benzene rings is 1. The fraction of sp³-hybridized carbons (Fsp3) is 0.350. The van der Waals surface area contributed by atoms with E-state index in [1.165, 1.54) is 36.4 Å². The van der Waals surface area contributed by atoms with Crippen molar-refractivity contribution >= 4 is 23.5 Å². The molecular weight excluding hydrogens is 392 g/mol. The fourth-order valence-electron chi connectivity index (χ4n) is 3.83. The van der Waals surface area contributed by atoms with E-state index in [9.17, 15) is 24.5 Å². The maximum absolute atomic E-state index is 12.8. The Balaban J connectivity index is 1.46. The molecular formula is C20H20N4O6. The van der Waals surface area contributed by atoms with Crippen molar-refractivity contribution in [3.63, 3.8) is 0 Å². The van der Waals surface area contributed by atoms with E-state index in [1.807, 2.05) is 0 Å². The molecule has 1 saturated carbocycles. The highest BCUT2D eigenvalue weighted by Crippen LogP contribution is 2.36. The van der Waals surface area contributed by atoms with Gasteiger partial charge in [-0.1, -0.05) is 6.92 Å². The van der Waals surface area contributed by atoms with Crippen molar-refractivity contribution in [3.8, 4) is 11.3 Å². The maximum atomic E-state index is 12.8. The highest BCUT2D eigenvalue weighted by molar-refractivity contribution is 6.09. The van der Waals surface area contributed by atoms with Crippen LogP contribution in [0.3, 0.4) is 0 Å². The Bertz CT molecular complexity index is 1020. The van der Waals surface area contributed by atoms with E-state index in [2.05, 4.69) is 17.7 Å². The van der Waals surface area contributed by atoms with Crippen molar-refractivity contribution in [1.82, 2.24) is 15.8 Å². The number of hydrogen-bond donors (Lipinski definition) is 2. The molecule has 4 rings (SSSR count). The molecule has 2 aromatic rings. The standard InChI is InChI=1S/C20H20N4O6/c1-12-8-10-20(11-9-12)18(26)23(19(27)21-20)22-17(25)16-7-6-15(30-16)13-2-4-14(5-3-13)24(28)29/h2-7,12H,8-11H2,1H3,(H,21,27)(H,22,25). The number of rotatable bonds is 4. The molecule has 2 heterocycles. The summed E-state index contributed by atoms with van der Waals surface area (Å²) in [7, 11) is 0. The predicted octanol–water partition coefficient (Wildman–Crippen LogP) is 3.00. The maximum Gasteiger partial charge on any atom is 0.344 e. The zero-order valence-electron chi connectivity index (χ0n) is 16.2. The lowest BCUT2D eigenvalue weighted by Gasteiger charge is -2.33. The van der Waals surface area contributed by atoms with Crippen molar-refractivity contribution in [2.75, 3.05) is 0 Å². The summed E-state index contributed by atoms with van der Waals surface area (Å²) in [5, 5.41) is 14.2. The zero-order valence-corrected chi connectivity index (χ0v) is 16.2. The van der Waals surface area contributed by atoms with Crippen molar-refractivity contribution in [2.45, 2.75) is 38.1 Å². The number of nitrogens with zero attached hydrogens (tertiary/aromatic N) is 2. The van der Waals surface area contributed by atoms with Crippen LogP contribution < -0.4 is 10.7 Å². The summed E-state index contributed by atoms with van der Waals surface area (Å²) < 4.78 is 5.51. The summed E-state index contributed by atoms with van der Waals surface area (Å²) >= 11 is 0. The van der Waals surface area contributed by atoms with Crippen LogP contribution in [0.25, 0.3) is 11.3 Å². The second kappa shape index (κ2) is 7.29. The van der Waals surface area contributed by atoms with Crippen molar-refractivity contribution < 1.29 is 23.7 Å². The van der Waals surface area contributed by atoms with Gasteiger partial charge < -0.3 is 9.73 Å². The van der Waals surface area contributed by atoms with Crippen LogP contribution in [0.15, 0.2) is 40.8 Å². The number of imide groups is 1. The zero-order chi connectivity index (χ0) is 21.5. The number of non-ortho nitro benzene ring substituents is 1. The summed E-state index contributed by atoms with van der Waals surface area (Å²) in [5.41, 5.74) is 1.85. The molecule has 2 fully saturated rings. The first-order valence-corrected chi connectivity index (χ1v) is 9.61. The summed E-state index contributed by atoms with van der Waals surface area (Å²) in [6.45, 7) is 2.10. The number of urea groups is 1. The number of hydrogen-bond acceptors (Lipinski definition) is 6. The predicted molar refractivity (Wildman–Crippen MR) is 104 cm³/mol. The Kier molecular flexibility index (Phi) is 4.76. The topological polar surface area (TPSA) is 135 Å². The molecule has 2 N–H and O–H groups in total. The second-order valence-corrected chi connectivity index (χ2v) is 7.74. The largest absolute Gasteiger partial charge is 0.451 e. The number of furan rings is 1. The first kappa shape index (κ1) is 19.6. The van der Waals surface area contributed by atoms with Gasteiger partial charge in [-0.2, -0.15) is 5.01 Å². The van der Waals surface area contributed by atoms with Crippen LogP contribution >= 0.6 is 0 Å². The molecule has 1 aromatic heterocycles. The quantitative estimate of drug-likeness (QED) is 0.450. The molecule has 0 atom stereocenters. The van der Waals surface area contributed by atoms with E-state index < -0.39 is 28.3 Å². The molecule has 1 aliphatic carbocycles. The third kappa shape index (κ3) is 3.40. The Morgan fingerprint density at radius 2 is 1.87 bits per heavy atom. The molecule has 0 radical (unpaired) electrons. The lowest BCUT2D eigenvalue weighted by atomic mass is 9.77. The van der Waals surface area contributed by atoms with Crippen molar-refractivity contribution in [3.05, 3.63) is 52.3 Å². The van der Waals surface area contributed by atoms with Gasteiger partial charge in [-0.15, -0.1) is 0 Å². The minimum Gasteiger partial charge on any atom is -0.451 e. The highest BCUT2D eigenvalue weighted by atomic mass is 16.6. The third-order valence-corrected chi connectivity index (χ3v) is 5.70. The average molecular weight is 412 g/mol. The van der Waals surface area contributed by atoms with Gasteiger partial charge in [0.2, 0.25) is 0 Å². The van der Waals surface area contributed by atoms with Crippen molar-refractivity contribution in [2.24, 2.45) is 5.92 Å². The van der Waals surface area contributed by atoms with Gasteiger partial charge in [-0.05, 0) is 55.9 Å². The molecule has 10 nitrogen and oxygen atoms in total. The Morgan fingerprint density at radius 3 is 2.50 bits per heavy atom. The molecule has 156 valence electrons. The lowest BCUT2D eigenvalue weighted by Crippen LogP contribution is -2.51. The third-order valence-electron chi connectivity index (χ3n) is 5.70. The molecule has 0 bridgehead atoms. The first-order chi connectivity index (χ1) is 14.3. The number of hydrazine groups is 1. The summed E-state index contributed by atoms with van der Waals surface area (Å²) in [5.74, 6) is -0.486. The van der Waals surface area contributed by atoms with E-state index in [-0.39, 0.29) is 11.4 Å². The molecule has 1 aliphatic heterocycles. The van der Waals surface area contributed by atoms with E-state index in [0.717, 1.165) is 12.8 Å². The van der Waals surface area contributed by atoms with Gasteiger partial charge in [-0.25, -0.2) is 10.2 Å². The molecule has 1 spiro atoms. The molecule has 1 saturated heterocycles. The van der Waals surface area contributed by atoms with E-state index in [0.29, 0.717) is 35.1 Å². The number of carbonyl (C=O) groups is 3. The number of carbonyl (C=O) groups excluding carboxylic acids is 3. The number of nitro benzene ring substituents is 1. The molecule has 1 aromatic carbocycles. The van der Waals surface area contributed by atoms with Gasteiger partial charge in [0.25, 0.3) is 11.6 Å². The Hall–Kier alpha value is -3.69. The van der Waals surface area contributed by atoms with Crippen LogP contribution in [-0.2, 0) is 4.79 Å². The smallest absolute Gasteiger partial charge is 0.344 e. The van der Waals surface area contributed by atoms with Gasteiger partial charge in [0.15, 0.2) is 5.76 Å². The SMILES string of the molecule is CC1CCC2(CC1)NC(=O)N(NC(=O)c1ccc(-c3ccc([N+](=O)[O-])cc3)o1)C2=O. The molecule has 10 heteroatoms. The van der Waals surface area contributed by atoms with Crippen LogP contribution in [0, 0.1) is 16.0 Å². The van der Waals surface area contributed by atoms with Crippen LogP contribution in [0.4, 0.5) is 10.5 Å². The minimum atomic E-state index is -0.954. The Labute approximate surface area is 171 Å². The number of nitrogens with one attached hydrogen (secondary N) is 2. The van der Waals surface area contributed by atoms with Crippen molar-refractivity contribution in [1.29, 1.82) is 0 Å². The van der Waals surface area contributed by atoms with E-state index in [1.54, 1.807) is 0 Å². The molecule has 0 unspecified atom stereocenters. The minimum absolute atomic E-state index is 0.0622. The van der Waals surface area contributed by atoms with Crippen LogP contribution in [0.2, 0.25) is 0 Å².